The summed E-state index contributed by atoms with van der Waals surface area (Å²) in [5.41, 5.74) is 4.56. The molecule has 0 heterocycles. The van der Waals surface area contributed by atoms with E-state index in [9.17, 15) is 14.7 Å². The highest BCUT2D eigenvalue weighted by atomic mass is 16.4. The zero-order chi connectivity index (χ0) is 34.3. The van der Waals surface area contributed by atoms with Crippen LogP contribution in [0.15, 0.2) is 42.5 Å². The van der Waals surface area contributed by atoms with E-state index in [1.807, 2.05) is 19.2 Å². The molecule has 5 heteroatoms. The van der Waals surface area contributed by atoms with Gasteiger partial charge in [-0.25, -0.2) is 4.79 Å². The lowest BCUT2D eigenvalue weighted by molar-refractivity contribution is -0.226. The topological polar surface area (TPSA) is 60.9 Å². The molecule has 0 radical (unpaired) electrons. The first-order valence-corrected chi connectivity index (χ1v) is 18.5. The third-order valence-electron chi connectivity index (χ3n) is 15.7. The molecule has 47 heavy (non-hydrogen) atoms. The Labute approximate surface area is 285 Å². The van der Waals surface area contributed by atoms with E-state index in [4.69, 9.17) is 0 Å². The highest BCUT2D eigenvalue weighted by Crippen LogP contribution is 2.77. The molecule has 0 bridgehead atoms. The van der Waals surface area contributed by atoms with Crippen LogP contribution in [0.2, 0.25) is 0 Å². The van der Waals surface area contributed by atoms with E-state index in [0.29, 0.717) is 41.1 Å². The van der Waals surface area contributed by atoms with Gasteiger partial charge in [-0.1, -0.05) is 65.0 Å². The van der Waals surface area contributed by atoms with Gasteiger partial charge in [-0.3, -0.25) is 4.79 Å². The number of allylic oxidation sites excluding steroid dienone is 3. The number of carboxylic acids is 1. The molecule has 1 N–H and O–H groups in total. The van der Waals surface area contributed by atoms with Gasteiger partial charge in [0.25, 0.3) is 0 Å². The molecule has 0 unspecified atom stereocenters. The van der Waals surface area contributed by atoms with Crippen LogP contribution in [0, 0.1) is 56.7 Å². The third-order valence-corrected chi connectivity index (χ3v) is 15.7. The minimum atomic E-state index is -0.871. The Morgan fingerprint density at radius 2 is 1.53 bits per heavy atom. The monoisotopic (exact) mass is 642 g/mol. The molecular formula is C42H62N2O3. The second-order valence-corrected chi connectivity index (χ2v) is 18.3. The highest BCUT2D eigenvalue weighted by Gasteiger charge is 2.71. The summed E-state index contributed by atoms with van der Waals surface area (Å²) in [7, 11) is 6.23. The summed E-state index contributed by atoms with van der Waals surface area (Å²) in [6, 6.07) is 7.56. The van der Waals surface area contributed by atoms with Crippen LogP contribution in [0.25, 0.3) is 5.57 Å². The quantitative estimate of drug-likeness (QED) is 0.302. The fraction of sp³-hybridized carbons (Fsp3) is 0.714. The lowest BCUT2D eigenvalue weighted by Gasteiger charge is -2.72. The van der Waals surface area contributed by atoms with E-state index in [1.165, 1.54) is 42.4 Å². The molecule has 6 rings (SSSR count). The lowest BCUT2D eigenvalue weighted by Crippen LogP contribution is -2.66. The molecule has 1 aromatic rings. The number of nitrogens with zero attached hydrogens (tertiary/aromatic N) is 2. The molecule has 258 valence electrons. The van der Waals surface area contributed by atoms with Gasteiger partial charge in [0.1, 0.15) is 0 Å². The lowest BCUT2D eigenvalue weighted by atomic mass is 9.32. The maximum Gasteiger partial charge on any atom is 0.335 e. The van der Waals surface area contributed by atoms with Gasteiger partial charge >= 0.3 is 5.97 Å². The van der Waals surface area contributed by atoms with Crippen LogP contribution < -0.4 is 0 Å². The summed E-state index contributed by atoms with van der Waals surface area (Å²) in [5, 5.41) is 9.47. The summed E-state index contributed by atoms with van der Waals surface area (Å²) >= 11 is 0. The van der Waals surface area contributed by atoms with Gasteiger partial charge in [0.05, 0.1) is 11.0 Å². The molecule has 4 fully saturated rings. The van der Waals surface area contributed by atoms with Crippen molar-refractivity contribution in [1.29, 1.82) is 0 Å². The molecule has 5 nitrogen and oxygen atoms in total. The Kier molecular flexibility index (Phi) is 8.50. The first-order valence-electron chi connectivity index (χ1n) is 18.5. The molecule has 0 saturated heterocycles. The average molecular weight is 643 g/mol. The predicted molar refractivity (Wildman–Crippen MR) is 192 cm³/mol. The van der Waals surface area contributed by atoms with Crippen LogP contribution in [0.5, 0.6) is 0 Å². The van der Waals surface area contributed by atoms with E-state index in [1.54, 1.807) is 12.1 Å². The van der Waals surface area contributed by atoms with Gasteiger partial charge < -0.3 is 14.9 Å². The van der Waals surface area contributed by atoms with Crippen molar-refractivity contribution in [2.75, 3.05) is 34.2 Å². The smallest absolute Gasteiger partial charge is 0.335 e. The molecule has 5 aliphatic carbocycles. The summed E-state index contributed by atoms with van der Waals surface area (Å²) in [6.07, 6.45) is 12.8. The van der Waals surface area contributed by atoms with Crippen LogP contribution >= 0.6 is 0 Å². The number of likely N-dealkylation sites (N-methyl/N-ethyl adjacent to an activating group) is 2. The summed E-state index contributed by atoms with van der Waals surface area (Å²) in [6.45, 7) is 21.3. The van der Waals surface area contributed by atoms with Gasteiger partial charge in [-0.2, -0.15) is 0 Å². The number of rotatable bonds is 7. The first kappa shape index (κ1) is 34.5. The van der Waals surface area contributed by atoms with Crippen molar-refractivity contribution in [3.8, 4) is 0 Å². The number of benzene rings is 1. The van der Waals surface area contributed by atoms with Crippen LogP contribution in [0.3, 0.4) is 0 Å². The van der Waals surface area contributed by atoms with Crippen molar-refractivity contribution in [3.63, 3.8) is 0 Å². The minimum absolute atomic E-state index is 0.00138. The van der Waals surface area contributed by atoms with Crippen molar-refractivity contribution in [2.24, 2.45) is 56.7 Å². The number of carbonyl (C=O) groups is 2. The number of amides is 1. The van der Waals surface area contributed by atoms with E-state index in [2.05, 4.69) is 78.1 Å². The maximum absolute atomic E-state index is 14.6. The maximum atomic E-state index is 14.6. The Bertz CT molecular complexity index is 1460. The fourth-order valence-electron chi connectivity index (χ4n) is 13.2. The molecule has 0 aliphatic heterocycles. The van der Waals surface area contributed by atoms with E-state index in [0.717, 1.165) is 45.2 Å². The van der Waals surface area contributed by atoms with Gasteiger partial charge in [0, 0.05) is 20.1 Å². The van der Waals surface area contributed by atoms with Crippen molar-refractivity contribution in [1.82, 2.24) is 9.80 Å². The minimum Gasteiger partial charge on any atom is -0.478 e. The highest BCUT2D eigenvalue weighted by molar-refractivity contribution is 5.88. The SMILES string of the molecule is C=C(C)[C@@H]1CC[C@]2(C(=O)N(C)CCN(C)C)CC[C@]3(C)[C@H](CC[C@@H]4[C@@]5(C)CC=C(c6ccc(C(=O)O)cc6)C(C)(C)[C@@H]5CC[C@]43C)[C@@H]12. The van der Waals surface area contributed by atoms with Crippen LogP contribution in [0.1, 0.15) is 115 Å². The van der Waals surface area contributed by atoms with Crippen LogP contribution in [-0.2, 0) is 4.79 Å². The van der Waals surface area contributed by atoms with Crippen molar-refractivity contribution in [2.45, 2.75) is 99.3 Å². The third kappa shape index (κ3) is 4.94. The Morgan fingerprint density at radius 3 is 2.15 bits per heavy atom. The number of aromatic carboxylic acids is 1. The standard InChI is InChI=1S/C42H62N2O3/c1-27(2)30-17-22-42(37(47)44(10)26-25-43(8)9)24-23-40(6)32(35(30)42)15-16-34-39(5)20-18-31(28-11-13-29(14-12-28)36(45)46)38(3,4)33(39)19-21-41(34,40)7/h11-14,18,30,32-35H,1,15-17,19-26H2,2-10H3,(H,45,46)/t30-,32+,33-,34+,35+,39-,40+,41+,42-/m0/s1. The second-order valence-electron chi connectivity index (χ2n) is 18.3. The zero-order valence-electron chi connectivity index (χ0n) is 30.9. The van der Waals surface area contributed by atoms with E-state index >= 15 is 0 Å². The molecular weight excluding hydrogens is 580 g/mol. The fourth-order valence-corrected chi connectivity index (χ4v) is 13.2. The molecule has 1 aromatic carbocycles. The van der Waals surface area contributed by atoms with Crippen molar-refractivity contribution in [3.05, 3.63) is 53.6 Å². The molecule has 9 atom stereocenters. The first-order chi connectivity index (χ1) is 21.9. The molecule has 5 aliphatic rings. The molecule has 4 saturated carbocycles. The summed E-state index contributed by atoms with van der Waals surface area (Å²) in [4.78, 5) is 30.4. The largest absolute Gasteiger partial charge is 0.478 e. The van der Waals surface area contributed by atoms with Crippen LogP contribution in [0.4, 0.5) is 0 Å². The van der Waals surface area contributed by atoms with Gasteiger partial charge in [-0.15, -0.1) is 0 Å². The normalized spacial score (nSPS) is 40.4. The number of carboxylic acid groups (broad SMARTS) is 1. The number of hydrogen-bond acceptors (Lipinski definition) is 3. The van der Waals surface area contributed by atoms with Gasteiger partial charge in [0.15, 0.2) is 0 Å². The average Bonchev–Trinajstić information content (AvgIpc) is 3.41. The molecule has 0 spiro atoms. The Balaban J connectivity index is 1.34. The van der Waals surface area contributed by atoms with E-state index < -0.39 is 5.97 Å². The van der Waals surface area contributed by atoms with Gasteiger partial charge in [-0.05, 0) is 153 Å². The number of carbonyl (C=O) groups excluding carboxylic acids is 1. The molecule has 0 aromatic heterocycles. The van der Waals surface area contributed by atoms with Gasteiger partial charge in [0.2, 0.25) is 5.91 Å². The predicted octanol–water partition coefficient (Wildman–Crippen LogP) is 9.06. The van der Waals surface area contributed by atoms with Crippen molar-refractivity contribution < 1.29 is 14.7 Å². The number of hydrogen-bond donors (Lipinski definition) is 1. The number of fused-ring (bicyclic) bond motifs is 7. The van der Waals surface area contributed by atoms with Crippen LogP contribution in [-0.4, -0.2) is 61.0 Å². The van der Waals surface area contributed by atoms with E-state index in [-0.39, 0.29) is 27.1 Å². The summed E-state index contributed by atoms with van der Waals surface area (Å²) in [5.74, 6) is 2.10. The molecule has 1 amide bonds. The van der Waals surface area contributed by atoms with Crippen molar-refractivity contribution >= 4 is 17.4 Å². The Morgan fingerprint density at radius 1 is 0.851 bits per heavy atom. The Hall–Kier alpha value is -2.40. The summed E-state index contributed by atoms with van der Waals surface area (Å²) < 4.78 is 0. The zero-order valence-corrected chi connectivity index (χ0v) is 30.9. The second kappa shape index (κ2) is 11.6.